The summed E-state index contributed by atoms with van der Waals surface area (Å²) in [7, 11) is 0. The average Bonchev–Trinajstić information content (AvgIpc) is 2.28. The molecule has 1 rings (SSSR count). The van der Waals surface area contributed by atoms with Crippen LogP contribution in [0.1, 0.15) is 25.5 Å². The second-order valence-corrected chi connectivity index (χ2v) is 4.27. The van der Waals surface area contributed by atoms with Crippen LogP contribution in [-0.2, 0) is 9.53 Å². The van der Waals surface area contributed by atoms with Gasteiger partial charge in [0.05, 0.1) is 12.6 Å². The van der Waals surface area contributed by atoms with E-state index in [-0.39, 0.29) is 12.6 Å². The van der Waals surface area contributed by atoms with E-state index in [0.29, 0.717) is 12.6 Å². The van der Waals surface area contributed by atoms with Crippen LogP contribution in [0.2, 0.25) is 0 Å². The van der Waals surface area contributed by atoms with Crippen molar-refractivity contribution in [1.29, 1.82) is 0 Å². The summed E-state index contributed by atoms with van der Waals surface area (Å²) in [6.07, 6.45) is 0. The van der Waals surface area contributed by atoms with Gasteiger partial charge in [-0.05, 0) is 5.56 Å². The fourth-order valence-corrected chi connectivity index (χ4v) is 1.61. The van der Waals surface area contributed by atoms with E-state index >= 15 is 0 Å². The molecule has 1 unspecified atom stereocenters. The number of carbonyl (C=O) groups excluding carboxylic acids is 1. The van der Waals surface area contributed by atoms with Gasteiger partial charge >= 0.3 is 0 Å². The van der Waals surface area contributed by atoms with Crippen molar-refractivity contribution in [2.24, 2.45) is 5.73 Å². The third-order valence-corrected chi connectivity index (χ3v) is 2.27. The minimum atomic E-state index is -0.443. The standard InChI is InChI=1S/C13H20N2O2/c1-10(2)15-12(8-17-9-13(14)16)11-6-4-3-5-7-11/h3-7,10,12,15H,8-9H2,1-2H3,(H2,14,16). The number of amides is 1. The van der Waals surface area contributed by atoms with Crippen LogP contribution >= 0.6 is 0 Å². The molecule has 0 saturated carbocycles. The molecule has 0 bridgehead atoms. The van der Waals surface area contributed by atoms with Gasteiger partial charge in [0.1, 0.15) is 6.61 Å². The Morgan fingerprint density at radius 3 is 2.53 bits per heavy atom. The van der Waals surface area contributed by atoms with Crippen LogP contribution in [-0.4, -0.2) is 25.2 Å². The molecule has 0 aliphatic carbocycles. The maximum Gasteiger partial charge on any atom is 0.243 e. The Bertz CT molecular complexity index is 339. The SMILES string of the molecule is CC(C)NC(COCC(N)=O)c1ccccc1. The van der Waals surface area contributed by atoms with E-state index in [9.17, 15) is 4.79 Å². The molecule has 0 saturated heterocycles. The molecule has 94 valence electrons. The van der Waals surface area contributed by atoms with Gasteiger partial charge in [-0.2, -0.15) is 0 Å². The maximum absolute atomic E-state index is 10.6. The Morgan fingerprint density at radius 2 is 2.00 bits per heavy atom. The van der Waals surface area contributed by atoms with Crippen molar-refractivity contribution in [3.05, 3.63) is 35.9 Å². The fraction of sp³-hybridized carbons (Fsp3) is 0.462. The lowest BCUT2D eigenvalue weighted by Crippen LogP contribution is -2.32. The Hall–Kier alpha value is -1.39. The van der Waals surface area contributed by atoms with Crippen molar-refractivity contribution in [1.82, 2.24) is 5.32 Å². The number of hydrogen-bond acceptors (Lipinski definition) is 3. The van der Waals surface area contributed by atoms with Gasteiger partial charge in [0.15, 0.2) is 0 Å². The van der Waals surface area contributed by atoms with Gasteiger partial charge in [0, 0.05) is 6.04 Å². The molecule has 0 spiro atoms. The third-order valence-electron chi connectivity index (χ3n) is 2.27. The van der Waals surface area contributed by atoms with Crippen LogP contribution < -0.4 is 11.1 Å². The van der Waals surface area contributed by atoms with Gasteiger partial charge in [-0.15, -0.1) is 0 Å². The summed E-state index contributed by atoms with van der Waals surface area (Å²) in [5.74, 6) is -0.443. The van der Waals surface area contributed by atoms with Crippen molar-refractivity contribution in [3.63, 3.8) is 0 Å². The first kappa shape index (κ1) is 13.7. The number of carbonyl (C=O) groups is 1. The second kappa shape index (κ2) is 7.04. The van der Waals surface area contributed by atoms with Crippen LogP contribution in [0.15, 0.2) is 30.3 Å². The summed E-state index contributed by atoms with van der Waals surface area (Å²) in [4.78, 5) is 10.6. The number of nitrogens with one attached hydrogen (secondary N) is 1. The number of ether oxygens (including phenoxy) is 1. The van der Waals surface area contributed by atoms with E-state index in [1.165, 1.54) is 0 Å². The third kappa shape index (κ3) is 5.47. The zero-order valence-electron chi connectivity index (χ0n) is 10.3. The van der Waals surface area contributed by atoms with Gasteiger partial charge in [0.25, 0.3) is 0 Å². The summed E-state index contributed by atoms with van der Waals surface area (Å²) in [5.41, 5.74) is 6.18. The van der Waals surface area contributed by atoms with Crippen molar-refractivity contribution < 1.29 is 9.53 Å². The van der Waals surface area contributed by atoms with Gasteiger partial charge in [-0.25, -0.2) is 0 Å². The minimum absolute atomic E-state index is 0.0386. The monoisotopic (exact) mass is 236 g/mol. The van der Waals surface area contributed by atoms with Gasteiger partial charge in [-0.3, -0.25) is 4.79 Å². The lowest BCUT2D eigenvalue weighted by molar-refractivity contribution is -0.122. The van der Waals surface area contributed by atoms with Crippen LogP contribution in [0, 0.1) is 0 Å². The summed E-state index contributed by atoms with van der Waals surface area (Å²) in [6.45, 7) is 4.54. The highest BCUT2D eigenvalue weighted by atomic mass is 16.5. The highest BCUT2D eigenvalue weighted by Crippen LogP contribution is 2.13. The molecule has 4 nitrogen and oxygen atoms in total. The van der Waals surface area contributed by atoms with E-state index in [1.807, 2.05) is 30.3 Å². The van der Waals surface area contributed by atoms with Crippen LogP contribution in [0.25, 0.3) is 0 Å². The fourth-order valence-electron chi connectivity index (χ4n) is 1.61. The van der Waals surface area contributed by atoms with Gasteiger partial charge in [-0.1, -0.05) is 44.2 Å². The van der Waals surface area contributed by atoms with Crippen LogP contribution in [0.5, 0.6) is 0 Å². The van der Waals surface area contributed by atoms with E-state index in [0.717, 1.165) is 5.56 Å². The quantitative estimate of drug-likeness (QED) is 0.748. The minimum Gasteiger partial charge on any atom is -0.370 e. The van der Waals surface area contributed by atoms with Gasteiger partial charge < -0.3 is 15.8 Å². The Labute approximate surface area is 102 Å². The smallest absolute Gasteiger partial charge is 0.243 e. The summed E-state index contributed by atoms with van der Waals surface area (Å²) in [5, 5.41) is 3.39. The maximum atomic E-state index is 10.6. The molecular weight excluding hydrogens is 216 g/mol. The number of hydrogen-bond donors (Lipinski definition) is 2. The van der Waals surface area contributed by atoms with Crippen LogP contribution in [0.3, 0.4) is 0 Å². The molecule has 1 aromatic carbocycles. The molecule has 3 N–H and O–H groups in total. The molecule has 4 heteroatoms. The van der Waals surface area contributed by atoms with Crippen molar-refractivity contribution >= 4 is 5.91 Å². The van der Waals surface area contributed by atoms with Crippen molar-refractivity contribution in [3.8, 4) is 0 Å². The Morgan fingerprint density at radius 1 is 1.35 bits per heavy atom. The number of rotatable bonds is 7. The average molecular weight is 236 g/mol. The van der Waals surface area contributed by atoms with E-state index in [2.05, 4.69) is 19.2 Å². The molecule has 0 aromatic heterocycles. The highest BCUT2D eigenvalue weighted by Gasteiger charge is 2.12. The summed E-state index contributed by atoms with van der Waals surface area (Å²) in [6, 6.07) is 10.4. The van der Waals surface area contributed by atoms with E-state index in [4.69, 9.17) is 10.5 Å². The molecule has 0 heterocycles. The van der Waals surface area contributed by atoms with E-state index < -0.39 is 5.91 Å². The lowest BCUT2D eigenvalue weighted by Gasteiger charge is -2.21. The number of primary amides is 1. The molecule has 0 fully saturated rings. The number of nitrogens with two attached hydrogens (primary N) is 1. The van der Waals surface area contributed by atoms with Gasteiger partial charge in [0.2, 0.25) is 5.91 Å². The summed E-state index contributed by atoms with van der Waals surface area (Å²) >= 11 is 0. The molecule has 1 atom stereocenters. The topological polar surface area (TPSA) is 64.3 Å². The predicted octanol–water partition coefficient (Wildman–Crippen LogP) is 1.23. The highest BCUT2D eigenvalue weighted by molar-refractivity contribution is 5.74. The predicted molar refractivity (Wildman–Crippen MR) is 67.5 cm³/mol. The molecule has 0 radical (unpaired) electrons. The normalized spacial score (nSPS) is 12.6. The summed E-state index contributed by atoms with van der Waals surface area (Å²) < 4.78 is 5.28. The molecular formula is C13H20N2O2. The molecule has 17 heavy (non-hydrogen) atoms. The van der Waals surface area contributed by atoms with E-state index in [1.54, 1.807) is 0 Å². The van der Waals surface area contributed by atoms with Crippen LogP contribution in [0.4, 0.5) is 0 Å². The zero-order chi connectivity index (χ0) is 12.7. The lowest BCUT2D eigenvalue weighted by atomic mass is 10.1. The van der Waals surface area contributed by atoms with Crippen molar-refractivity contribution in [2.45, 2.75) is 25.9 Å². The first-order valence-electron chi connectivity index (χ1n) is 5.76. The second-order valence-electron chi connectivity index (χ2n) is 4.27. The largest absolute Gasteiger partial charge is 0.370 e. The first-order chi connectivity index (χ1) is 8.09. The first-order valence-corrected chi connectivity index (χ1v) is 5.76. The molecule has 1 amide bonds. The zero-order valence-corrected chi connectivity index (χ0v) is 10.3. The molecule has 0 aliphatic heterocycles. The Balaban J connectivity index is 2.58. The molecule has 0 aliphatic rings. The number of benzene rings is 1. The Kier molecular flexibility index (Phi) is 5.66. The van der Waals surface area contributed by atoms with Crippen molar-refractivity contribution in [2.75, 3.05) is 13.2 Å². The molecule has 1 aromatic rings.